The zero-order valence-corrected chi connectivity index (χ0v) is 12.3. The van der Waals surface area contributed by atoms with Crippen LogP contribution in [-0.2, 0) is 6.42 Å². The van der Waals surface area contributed by atoms with Crippen molar-refractivity contribution in [1.29, 1.82) is 0 Å². The molecule has 0 atom stereocenters. The lowest BCUT2D eigenvalue weighted by atomic mass is 10.0. The lowest BCUT2D eigenvalue weighted by Crippen LogP contribution is -2.18. The van der Waals surface area contributed by atoms with E-state index in [-0.39, 0.29) is 0 Å². The fourth-order valence-electron chi connectivity index (χ4n) is 2.13. The zero-order valence-electron chi connectivity index (χ0n) is 12.3. The van der Waals surface area contributed by atoms with Crippen LogP contribution in [0.2, 0.25) is 0 Å². The predicted octanol–water partition coefficient (Wildman–Crippen LogP) is 4.21. The van der Waals surface area contributed by atoms with Gasteiger partial charge in [-0.1, -0.05) is 49.9 Å². The van der Waals surface area contributed by atoms with Gasteiger partial charge in [-0.3, -0.25) is 10.0 Å². The SMILES string of the molecule is C=C/C=C(\C=C)CCCCCc1ccc(C(=O)NO)cc1. The Morgan fingerprint density at radius 1 is 1.14 bits per heavy atom. The highest BCUT2D eigenvalue weighted by atomic mass is 16.5. The molecule has 0 aliphatic carbocycles. The van der Waals surface area contributed by atoms with E-state index < -0.39 is 5.91 Å². The molecule has 0 unspecified atom stereocenters. The highest BCUT2D eigenvalue weighted by Gasteiger charge is 2.03. The summed E-state index contributed by atoms with van der Waals surface area (Å²) in [4.78, 5) is 11.2. The first-order valence-corrected chi connectivity index (χ1v) is 7.18. The molecule has 0 radical (unpaired) electrons. The maximum absolute atomic E-state index is 11.2. The van der Waals surface area contributed by atoms with Crippen molar-refractivity contribution < 1.29 is 10.0 Å². The van der Waals surface area contributed by atoms with Crippen molar-refractivity contribution in [2.45, 2.75) is 32.1 Å². The Bertz CT molecular complexity index is 500. The van der Waals surface area contributed by atoms with Gasteiger partial charge in [0.1, 0.15) is 0 Å². The highest BCUT2D eigenvalue weighted by Crippen LogP contribution is 2.13. The van der Waals surface area contributed by atoms with Gasteiger partial charge in [-0.05, 0) is 49.0 Å². The maximum atomic E-state index is 11.2. The molecule has 0 aliphatic heterocycles. The Balaban J connectivity index is 2.30. The van der Waals surface area contributed by atoms with Crippen molar-refractivity contribution in [3.8, 4) is 0 Å². The second kappa shape index (κ2) is 9.72. The predicted molar refractivity (Wildman–Crippen MR) is 86.3 cm³/mol. The number of aryl methyl sites for hydroxylation is 1. The van der Waals surface area contributed by atoms with Gasteiger partial charge in [0.25, 0.3) is 5.91 Å². The minimum absolute atomic E-state index is 0.464. The molecule has 0 aromatic heterocycles. The topological polar surface area (TPSA) is 49.3 Å². The third kappa shape index (κ3) is 6.23. The molecule has 0 fully saturated rings. The van der Waals surface area contributed by atoms with Gasteiger partial charge in [-0.2, -0.15) is 0 Å². The molecule has 0 aliphatic rings. The van der Waals surface area contributed by atoms with Crippen LogP contribution in [0, 0.1) is 0 Å². The van der Waals surface area contributed by atoms with Gasteiger partial charge >= 0.3 is 0 Å². The number of benzene rings is 1. The Kier molecular flexibility index (Phi) is 7.84. The molecule has 2 N–H and O–H groups in total. The van der Waals surface area contributed by atoms with E-state index in [1.54, 1.807) is 23.7 Å². The molecule has 0 saturated carbocycles. The van der Waals surface area contributed by atoms with E-state index in [4.69, 9.17) is 5.21 Å². The van der Waals surface area contributed by atoms with E-state index in [2.05, 4.69) is 13.2 Å². The van der Waals surface area contributed by atoms with E-state index in [0.717, 1.165) is 32.1 Å². The molecule has 1 amide bonds. The van der Waals surface area contributed by atoms with E-state index >= 15 is 0 Å². The van der Waals surface area contributed by atoms with Crippen LogP contribution in [0.5, 0.6) is 0 Å². The first-order valence-electron chi connectivity index (χ1n) is 7.18. The normalized spacial score (nSPS) is 11.0. The Labute approximate surface area is 126 Å². The molecule has 0 saturated heterocycles. The van der Waals surface area contributed by atoms with Crippen molar-refractivity contribution in [3.63, 3.8) is 0 Å². The molecule has 0 heterocycles. The summed E-state index contributed by atoms with van der Waals surface area (Å²) in [5.74, 6) is -0.479. The zero-order chi connectivity index (χ0) is 15.5. The Hall–Kier alpha value is -2.13. The average Bonchev–Trinajstić information content (AvgIpc) is 2.53. The molecule has 0 spiro atoms. The van der Waals surface area contributed by atoms with Gasteiger partial charge in [-0.25, -0.2) is 5.48 Å². The second-order valence-corrected chi connectivity index (χ2v) is 4.88. The minimum Gasteiger partial charge on any atom is -0.288 e. The van der Waals surface area contributed by atoms with Crippen LogP contribution in [0.15, 0.2) is 61.2 Å². The fraction of sp³-hybridized carbons (Fsp3) is 0.278. The second-order valence-electron chi connectivity index (χ2n) is 4.88. The summed E-state index contributed by atoms with van der Waals surface area (Å²) >= 11 is 0. The van der Waals surface area contributed by atoms with E-state index in [1.165, 1.54) is 11.1 Å². The molecule has 3 nitrogen and oxygen atoms in total. The van der Waals surface area contributed by atoms with Crippen LogP contribution in [0.3, 0.4) is 0 Å². The first kappa shape index (κ1) is 16.9. The summed E-state index contributed by atoms with van der Waals surface area (Å²) in [6.07, 6.45) is 11.1. The van der Waals surface area contributed by atoms with Crippen LogP contribution in [0.25, 0.3) is 0 Å². The molecular weight excluding hydrogens is 262 g/mol. The summed E-state index contributed by atoms with van der Waals surface area (Å²) in [5.41, 5.74) is 4.52. The van der Waals surface area contributed by atoms with Crippen molar-refractivity contribution in [2.75, 3.05) is 0 Å². The van der Waals surface area contributed by atoms with Gasteiger partial charge in [0.15, 0.2) is 0 Å². The highest BCUT2D eigenvalue weighted by molar-refractivity contribution is 5.93. The standard InChI is InChI=1S/C18H23NO2/c1-3-8-15(4-2)9-6-5-7-10-16-11-13-17(14-12-16)18(20)19-21/h3-4,8,11-14,21H,1-2,5-7,9-10H2,(H,19,20)/b15-8+. The Morgan fingerprint density at radius 2 is 1.86 bits per heavy atom. The molecule has 1 aromatic rings. The fourth-order valence-corrected chi connectivity index (χ4v) is 2.13. The number of hydroxylamine groups is 1. The van der Waals surface area contributed by atoms with Gasteiger partial charge in [-0.15, -0.1) is 0 Å². The summed E-state index contributed by atoms with van der Waals surface area (Å²) in [6, 6.07) is 7.31. The lowest BCUT2D eigenvalue weighted by molar-refractivity contribution is 0.0706. The first-order chi connectivity index (χ1) is 10.2. The number of hydrogen-bond acceptors (Lipinski definition) is 2. The summed E-state index contributed by atoms with van der Waals surface area (Å²) < 4.78 is 0. The van der Waals surface area contributed by atoms with E-state index in [1.807, 2.05) is 24.3 Å². The quantitative estimate of drug-likeness (QED) is 0.309. The van der Waals surface area contributed by atoms with Gasteiger partial charge in [0.2, 0.25) is 0 Å². The van der Waals surface area contributed by atoms with E-state index in [0.29, 0.717) is 5.56 Å². The van der Waals surface area contributed by atoms with Crippen LogP contribution in [-0.4, -0.2) is 11.1 Å². The molecule has 112 valence electrons. The molecule has 3 heteroatoms. The van der Waals surface area contributed by atoms with E-state index in [9.17, 15) is 4.79 Å². The van der Waals surface area contributed by atoms with Gasteiger partial charge in [0, 0.05) is 5.56 Å². The summed E-state index contributed by atoms with van der Waals surface area (Å²) in [7, 11) is 0. The third-order valence-corrected chi connectivity index (χ3v) is 3.34. The third-order valence-electron chi connectivity index (χ3n) is 3.34. The van der Waals surface area contributed by atoms with Crippen molar-refractivity contribution in [3.05, 3.63) is 72.4 Å². The largest absolute Gasteiger partial charge is 0.288 e. The summed E-state index contributed by atoms with van der Waals surface area (Å²) in [6.45, 7) is 7.48. The monoisotopic (exact) mass is 285 g/mol. The summed E-state index contributed by atoms with van der Waals surface area (Å²) in [5, 5.41) is 8.54. The molecule has 21 heavy (non-hydrogen) atoms. The van der Waals surface area contributed by atoms with Crippen LogP contribution < -0.4 is 5.48 Å². The number of unbranched alkanes of at least 4 members (excludes halogenated alkanes) is 2. The van der Waals surface area contributed by atoms with Crippen LogP contribution in [0.1, 0.15) is 41.6 Å². The number of rotatable bonds is 9. The number of hydrogen-bond donors (Lipinski definition) is 2. The molecule has 0 bridgehead atoms. The number of allylic oxidation sites excluding steroid dienone is 4. The Morgan fingerprint density at radius 3 is 2.43 bits per heavy atom. The lowest BCUT2D eigenvalue weighted by Gasteiger charge is -2.04. The molecular formula is C18H23NO2. The molecule has 1 aromatic carbocycles. The number of carbonyl (C=O) groups is 1. The maximum Gasteiger partial charge on any atom is 0.274 e. The minimum atomic E-state index is -0.479. The smallest absolute Gasteiger partial charge is 0.274 e. The molecule has 1 rings (SSSR count). The van der Waals surface area contributed by atoms with Crippen LogP contribution >= 0.6 is 0 Å². The van der Waals surface area contributed by atoms with Gasteiger partial charge < -0.3 is 0 Å². The average molecular weight is 285 g/mol. The van der Waals surface area contributed by atoms with Crippen molar-refractivity contribution >= 4 is 5.91 Å². The number of nitrogens with one attached hydrogen (secondary N) is 1. The number of amides is 1. The van der Waals surface area contributed by atoms with Crippen molar-refractivity contribution in [2.24, 2.45) is 0 Å². The van der Waals surface area contributed by atoms with Crippen LogP contribution in [0.4, 0.5) is 0 Å². The number of carbonyl (C=O) groups excluding carboxylic acids is 1. The van der Waals surface area contributed by atoms with Gasteiger partial charge in [0.05, 0.1) is 0 Å². The van der Waals surface area contributed by atoms with Crippen molar-refractivity contribution in [1.82, 2.24) is 5.48 Å².